The molecule has 4 heteroatoms. The van der Waals surface area contributed by atoms with E-state index >= 15 is 0 Å². The van der Waals surface area contributed by atoms with E-state index < -0.39 is 6.09 Å². The number of hydrogen-bond acceptors (Lipinski definition) is 3. The molecule has 1 N–H and O–H groups in total. The minimum Gasteiger partial charge on any atom is -0.410 e. The van der Waals surface area contributed by atoms with Gasteiger partial charge in [0, 0.05) is 18.2 Å². The highest BCUT2D eigenvalue weighted by atomic mass is 16.5. The second kappa shape index (κ2) is 5.82. The summed E-state index contributed by atoms with van der Waals surface area (Å²) in [4.78, 5) is 23.1. The van der Waals surface area contributed by atoms with E-state index in [0.717, 1.165) is 0 Å². The molecule has 0 fully saturated rings. The summed E-state index contributed by atoms with van der Waals surface area (Å²) >= 11 is 0. The summed E-state index contributed by atoms with van der Waals surface area (Å²) in [7, 11) is 1.48. The van der Waals surface area contributed by atoms with Crippen LogP contribution in [0.4, 0.5) is 4.79 Å². The third kappa shape index (κ3) is 3.19. The number of carbonyl (C=O) groups is 2. The molecular formula is C15H13NO3. The van der Waals surface area contributed by atoms with Crippen molar-refractivity contribution in [2.24, 2.45) is 0 Å². The van der Waals surface area contributed by atoms with Gasteiger partial charge in [-0.1, -0.05) is 30.3 Å². The van der Waals surface area contributed by atoms with Crippen LogP contribution in [0, 0.1) is 0 Å². The Bertz CT molecular complexity index is 576. The average Bonchev–Trinajstić information content (AvgIpc) is 2.48. The lowest BCUT2D eigenvalue weighted by atomic mass is 10.0. The molecule has 1 amide bonds. The van der Waals surface area contributed by atoms with Crippen LogP contribution in [0.15, 0.2) is 54.6 Å². The van der Waals surface area contributed by atoms with Crippen molar-refractivity contribution in [3.8, 4) is 5.75 Å². The standard InChI is InChI=1S/C15H13NO3/c1-16-15(18)19-13-9-7-12(8-10-13)14(17)11-5-3-2-4-6-11/h2-10H,1H3,(H,16,18). The summed E-state index contributed by atoms with van der Waals surface area (Å²) < 4.78 is 4.94. The normalized spacial score (nSPS) is 9.74. The zero-order valence-corrected chi connectivity index (χ0v) is 10.4. The van der Waals surface area contributed by atoms with E-state index in [9.17, 15) is 9.59 Å². The van der Waals surface area contributed by atoms with Gasteiger partial charge in [0.25, 0.3) is 0 Å². The van der Waals surface area contributed by atoms with Crippen LogP contribution < -0.4 is 10.1 Å². The van der Waals surface area contributed by atoms with Gasteiger partial charge >= 0.3 is 6.09 Å². The van der Waals surface area contributed by atoms with Crippen molar-refractivity contribution < 1.29 is 14.3 Å². The van der Waals surface area contributed by atoms with Gasteiger partial charge in [-0.3, -0.25) is 4.79 Å². The highest BCUT2D eigenvalue weighted by Gasteiger charge is 2.09. The number of rotatable bonds is 3. The summed E-state index contributed by atoms with van der Waals surface area (Å²) in [6.45, 7) is 0. The van der Waals surface area contributed by atoms with Crippen molar-refractivity contribution in [3.63, 3.8) is 0 Å². The summed E-state index contributed by atoms with van der Waals surface area (Å²) in [6, 6.07) is 15.5. The number of ether oxygens (including phenoxy) is 1. The zero-order chi connectivity index (χ0) is 13.7. The number of hydrogen-bond donors (Lipinski definition) is 1. The van der Waals surface area contributed by atoms with Crippen molar-refractivity contribution in [3.05, 3.63) is 65.7 Å². The van der Waals surface area contributed by atoms with Crippen LogP contribution in [-0.2, 0) is 0 Å². The Morgan fingerprint density at radius 1 is 0.895 bits per heavy atom. The first-order valence-electron chi connectivity index (χ1n) is 5.80. The summed E-state index contributed by atoms with van der Waals surface area (Å²) in [5.41, 5.74) is 1.18. The minimum atomic E-state index is -0.540. The van der Waals surface area contributed by atoms with Crippen LogP contribution in [0.3, 0.4) is 0 Å². The van der Waals surface area contributed by atoms with E-state index in [1.807, 2.05) is 18.2 Å². The molecule has 19 heavy (non-hydrogen) atoms. The first-order chi connectivity index (χ1) is 9.20. The molecule has 4 nitrogen and oxygen atoms in total. The molecule has 0 bridgehead atoms. The molecule has 0 aliphatic rings. The van der Waals surface area contributed by atoms with E-state index in [-0.39, 0.29) is 5.78 Å². The van der Waals surface area contributed by atoms with Crippen LogP contribution in [0.5, 0.6) is 5.75 Å². The van der Waals surface area contributed by atoms with E-state index in [4.69, 9.17) is 4.74 Å². The summed E-state index contributed by atoms with van der Waals surface area (Å²) in [5, 5.41) is 2.35. The Kier molecular flexibility index (Phi) is 3.93. The quantitative estimate of drug-likeness (QED) is 0.858. The smallest absolute Gasteiger partial charge is 0.410 e. The van der Waals surface area contributed by atoms with Gasteiger partial charge in [-0.05, 0) is 24.3 Å². The Balaban J connectivity index is 2.15. The maximum atomic E-state index is 12.1. The monoisotopic (exact) mass is 255 g/mol. The number of carbonyl (C=O) groups excluding carboxylic acids is 2. The second-order valence-corrected chi connectivity index (χ2v) is 3.86. The molecule has 0 atom stereocenters. The molecule has 0 aliphatic carbocycles. The van der Waals surface area contributed by atoms with Crippen molar-refractivity contribution >= 4 is 11.9 Å². The molecule has 0 saturated carbocycles. The van der Waals surface area contributed by atoms with Gasteiger partial charge in [0.15, 0.2) is 5.78 Å². The van der Waals surface area contributed by atoms with Crippen molar-refractivity contribution in [1.82, 2.24) is 5.32 Å². The molecule has 2 rings (SSSR count). The molecule has 2 aromatic rings. The van der Waals surface area contributed by atoms with Crippen LogP contribution in [-0.4, -0.2) is 18.9 Å². The Labute approximate surface area is 111 Å². The van der Waals surface area contributed by atoms with Crippen LogP contribution in [0.2, 0.25) is 0 Å². The minimum absolute atomic E-state index is 0.0629. The van der Waals surface area contributed by atoms with Crippen LogP contribution >= 0.6 is 0 Å². The highest BCUT2D eigenvalue weighted by Crippen LogP contribution is 2.15. The molecule has 0 radical (unpaired) electrons. The van der Waals surface area contributed by atoms with Crippen LogP contribution in [0.25, 0.3) is 0 Å². The second-order valence-electron chi connectivity index (χ2n) is 3.86. The molecule has 0 unspecified atom stereocenters. The highest BCUT2D eigenvalue weighted by molar-refractivity contribution is 6.09. The third-order valence-corrected chi connectivity index (χ3v) is 2.57. The molecule has 2 aromatic carbocycles. The van der Waals surface area contributed by atoms with Gasteiger partial charge in [-0.15, -0.1) is 0 Å². The number of benzene rings is 2. The van der Waals surface area contributed by atoms with Gasteiger partial charge < -0.3 is 10.1 Å². The van der Waals surface area contributed by atoms with Gasteiger partial charge in [-0.25, -0.2) is 4.79 Å². The van der Waals surface area contributed by atoms with E-state index in [1.54, 1.807) is 36.4 Å². The number of nitrogens with one attached hydrogen (secondary N) is 1. The summed E-state index contributed by atoms with van der Waals surface area (Å²) in [5.74, 6) is 0.330. The predicted molar refractivity (Wildman–Crippen MR) is 71.4 cm³/mol. The molecule has 0 heterocycles. The molecule has 0 aliphatic heterocycles. The van der Waals surface area contributed by atoms with Gasteiger partial charge in [0.1, 0.15) is 5.75 Å². The lowest BCUT2D eigenvalue weighted by molar-refractivity contribution is 0.103. The Morgan fingerprint density at radius 2 is 1.47 bits per heavy atom. The maximum Gasteiger partial charge on any atom is 0.412 e. The Morgan fingerprint density at radius 3 is 2.05 bits per heavy atom. The molecule has 0 spiro atoms. The topological polar surface area (TPSA) is 55.4 Å². The fourth-order valence-corrected chi connectivity index (χ4v) is 1.59. The van der Waals surface area contributed by atoms with Crippen molar-refractivity contribution in [2.45, 2.75) is 0 Å². The van der Waals surface area contributed by atoms with Crippen molar-refractivity contribution in [2.75, 3.05) is 7.05 Å². The largest absolute Gasteiger partial charge is 0.412 e. The molecule has 0 aromatic heterocycles. The fraction of sp³-hybridized carbons (Fsp3) is 0.0667. The van der Waals surface area contributed by atoms with Gasteiger partial charge in [0.05, 0.1) is 0 Å². The number of amides is 1. The maximum absolute atomic E-state index is 12.1. The molecule has 96 valence electrons. The zero-order valence-electron chi connectivity index (χ0n) is 10.4. The van der Waals surface area contributed by atoms with E-state index in [0.29, 0.717) is 16.9 Å². The van der Waals surface area contributed by atoms with E-state index in [1.165, 1.54) is 7.05 Å². The molecule has 0 saturated heterocycles. The molecular weight excluding hydrogens is 242 g/mol. The lowest BCUT2D eigenvalue weighted by Gasteiger charge is -2.04. The number of ketones is 1. The van der Waals surface area contributed by atoms with Gasteiger partial charge in [-0.2, -0.15) is 0 Å². The van der Waals surface area contributed by atoms with Crippen LogP contribution in [0.1, 0.15) is 15.9 Å². The third-order valence-electron chi connectivity index (χ3n) is 2.57. The van der Waals surface area contributed by atoms with Gasteiger partial charge in [0.2, 0.25) is 0 Å². The fourth-order valence-electron chi connectivity index (χ4n) is 1.59. The Hall–Kier alpha value is -2.62. The SMILES string of the molecule is CNC(=O)Oc1ccc(C(=O)c2ccccc2)cc1. The van der Waals surface area contributed by atoms with E-state index in [2.05, 4.69) is 5.32 Å². The summed E-state index contributed by atoms with van der Waals surface area (Å²) in [6.07, 6.45) is -0.540. The first kappa shape index (κ1) is 12.8. The lowest BCUT2D eigenvalue weighted by Crippen LogP contribution is -2.22. The van der Waals surface area contributed by atoms with Crippen molar-refractivity contribution in [1.29, 1.82) is 0 Å². The predicted octanol–water partition coefficient (Wildman–Crippen LogP) is 2.64. The first-order valence-corrected chi connectivity index (χ1v) is 5.80. The average molecular weight is 255 g/mol.